The molecule has 2 aromatic carbocycles. The largest absolute Gasteiger partial charge is 0.490 e. The van der Waals surface area contributed by atoms with Crippen molar-refractivity contribution in [3.05, 3.63) is 59.7 Å². The summed E-state index contributed by atoms with van der Waals surface area (Å²) in [5.74, 6) is 2.44. The molecule has 1 unspecified atom stereocenters. The van der Waals surface area contributed by atoms with Crippen LogP contribution in [0.4, 0.5) is 0 Å². The third-order valence-electron chi connectivity index (χ3n) is 6.25. The third kappa shape index (κ3) is 12.0. The molecule has 0 heterocycles. The summed E-state index contributed by atoms with van der Waals surface area (Å²) in [4.78, 5) is 2.57. The molecule has 196 valence electrons. The molecule has 1 N–H and O–H groups in total. The van der Waals surface area contributed by atoms with Crippen LogP contribution < -0.4 is 14.8 Å². The van der Waals surface area contributed by atoms with E-state index in [0.29, 0.717) is 25.2 Å². The number of ether oxygens (including phenoxy) is 2. The minimum absolute atomic E-state index is 0.373. The predicted octanol–water partition coefficient (Wildman–Crippen LogP) is 7.29. The monoisotopic (exact) mass is 482 g/mol. The number of nitrogens with one attached hydrogen (secondary N) is 1. The van der Waals surface area contributed by atoms with Gasteiger partial charge in [-0.3, -0.25) is 0 Å². The average molecular weight is 483 g/mol. The Kier molecular flexibility index (Phi) is 14.5. The second-order valence-corrected chi connectivity index (χ2v) is 9.99. The first kappa shape index (κ1) is 29.2. The highest BCUT2D eigenvalue weighted by atomic mass is 16.5. The minimum atomic E-state index is 0.373. The number of unbranched alkanes of at least 4 members (excludes halogenated alkanes) is 1. The summed E-state index contributed by atoms with van der Waals surface area (Å²) < 4.78 is 11.8. The molecule has 0 aliphatic carbocycles. The summed E-state index contributed by atoms with van der Waals surface area (Å²) in [5, 5.41) is 3.82. The van der Waals surface area contributed by atoms with E-state index < -0.39 is 0 Å². The first-order valence-corrected chi connectivity index (χ1v) is 14.0. The fourth-order valence-corrected chi connectivity index (χ4v) is 4.42. The van der Waals surface area contributed by atoms with Crippen molar-refractivity contribution in [3.63, 3.8) is 0 Å². The standard InChI is InChI=1S/C31H50N2O2/c1-6-9-10-27-11-15-29(16-12-27)34-23-24-35-30-17-13-28(14-18-30)31(25-26(4)5)32-19-22-33(20-7-2)21-8-3/h11-18,26,31-32H,6-10,19-25H2,1-5H3. The number of hydrogen-bond donors (Lipinski definition) is 1. The van der Waals surface area contributed by atoms with E-state index in [1.807, 2.05) is 0 Å². The Morgan fingerprint density at radius 3 is 1.83 bits per heavy atom. The molecule has 1 atom stereocenters. The minimum Gasteiger partial charge on any atom is -0.490 e. The van der Waals surface area contributed by atoms with Crippen LogP contribution in [0.25, 0.3) is 0 Å². The van der Waals surface area contributed by atoms with Gasteiger partial charge >= 0.3 is 0 Å². The second-order valence-electron chi connectivity index (χ2n) is 9.99. The van der Waals surface area contributed by atoms with Gasteiger partial charge in [-0.2, -0.15) is 0 Å². The van der Waals surface area contributed by atoms with E-state index in [1.54, 1.807) is 0 Å². The summed E-state index contributed by atoms with van der Waals surface area (Å²) >= 11 is 0. The molecular weight excluding hydrogens is 432 g/mol. The quantitative estimate of drug-likeness (QED) is 0.213. The van der Waals surface area contributed by atoms with Crippen molar-refractivity contribution in [1.82, 2.24) is 10.2 Å². The SMILES string of the molecule is CCCCc1ccc(OCCOc2ccc(C(CC(C)C)NCCN(CCC)CCC)cc2)cc1. The maximum absolute atomic E-state index is 5.93. The van der Waals surface area contributed by atoms with Gasteiger partial charge in [-0.25, -0.2) is 0 Å². The first-order chi connectivity index (χ1) is 17.0. The smallest absolute Gasteiger partial charge is 0.122 e. The Balaban J connectivity index is 1.79. The van der Waals surface area contributed by atoms with Crippen molar-refractivity contribution >= 4 is 0 Å². The average Bonchev–Trinajstić information content (AvgIpc) is 2.86. The van der Waals surface area contributed by atoms with Gasteiger partial charge in [0, 0.05) is 19.1 Å². The zero-order valence-electron chi connectivity index (χ0n) is 23.0. The van der Waals surface area contributed by atoms with Crippen LogP contribution in [-0.4, -0.2) is 44.3 Å². The summed E-state index contributed by atoms with van der Waals surface area (Å²) in [6.07, 6.45) is 7.16. The van der Waals surface area contributed by atoms with Crippen molar-refractivity contribution < 1.29 is 9.47 Å². The Hall–Kier alpha value is -2.04. The van der Waals surface area contributed by atoms with Gasteiger partial charge in [0.25, 0.3) is 0 Å². The van der Waals surface area contributed by atoms with E-state index in [4.69, 9.17) is 9.47 Å². The number of benzene rings is 2. The fourth-order valence-electron chi connectivity index (χ4n) is 4.42. The molecule has 4 nitrogen and oxygen atoms in total. The molecule has 0 fully saturated rings. The zero-order chi connectivity index (χ0) is 25.3. The van der Waals surface area contributed by atoms with E-state index >= 15 is 0 Å². The summed E-state index contributed by atoms with van der Waals surface area (Å²) in [5.41, 5.74) is 2.71. The van der Waals surface area contributed by atoms with E-state index in [2.05, 4.69) is 93.4 Å². The van der Waals surface area contributed by atoms with Gasteiger partial charge in [0.2, 0.25) is 0 Å². The van der Waals surface area contributed by atoms with Crippen LogP contribution in [0, 0.1) is 5.92 Å². The van der Waals surface area contributed by atoms with E-state index in [0.717, 1.165) is 37.4 Å². The third-order valence-corrected chi connectivity index (χ3v) is 6.25. The Morgan fingerprint density at radius 2 is 1.31 bits per heavy atom. The number of hydrogen-bond acceptors (Lipinski definition) is 4. The molecule has 2 aromatic rings. The van der Waals surface area contributed by atoms with E-state index in [-0.39, 0.29) is 0 Å². The van der Waals surface area contributed by atoms with Crippen LogP contribution in [0.3, 0.4) is 0 Å². The molecule has 0 spiro atoms. The lowest BCUT2D eigenvalue weighted by atomic mass is 9.97. The van der Waals surface area contributed by atoms with Crippen molar-refractivity contribution in [2.45, 2.75) is 79.2 Å². The van der Waals surface area contributed by atoms with Gasteiger partial charge in [0.15, 0.2) is 0 Å². The number of nitrogens with zero attached hydrogens (tertiary/aromatic N) is 1. The molecule has 35 heavy (non-hydrogen) atoms. The van der Waals surface area contributed by atoms with Crippen LogP contribution in [-0.2, 0) is 6.42 Å². The van der Waals surface area contributed by atoms with Gasteiger partial charge in [-0.05, 0) is 86.5 Å². The maximum Gasteiger partial charge on any atom is 0.122 e. The molecule has 2 rings (SSSR count). The topological polar surface area (TPSA) is 33.7 Å². The van der Waals surface area contributed by atoms with Crippen LogP contribution in [0.5, 0.6) is 11.5 Å². The molecule has 4 heteroatoms. The van der Waals surface area contributed by atoms with Gasteiger partial charge < -0.3 is 19.7 Å². The van der Waals surface area contributed by atoms with Crippen molar-refractivity contribution in [2.75, 3.05) is 39.4 Å². The highest BCUT2D eigenvalue weighted by Crippen LogP contribution is 2.24. The highest BCUT2D eigenvalue weighted by molar-refractivity contribution is 5.29. The van der Waals surface area contributed by atoms with Gasteiger partial charge in [-0.15, -0.1) is 0 Å². The Morgan fingerprint density at radius 1 is 0.743 bits per heavy atom. The number of rotatable bonds is 19. The van der Waals surface area contributed by atoms with Crippen LogP contribution in [0.2, 0.25) is 0 Å². The van der Waals surface area contributed by atoms with Crippen molar-refractivity contribution in [1.29, 1.82) is 0 Å². The van der Waals surface area contributed by atoms with Crippen LogP contribution in [0.1, 0.15) is 83.9 Å². The Labute approximate surface area is 215 Å². The molecule has 0 saturated heterocycles. The fraction of sp³-hybridized carbons (Fsp3) is 0.613. The Bertz CT molecular complexity index is 768. The highest BCUT2D eigenvalue weighted by Gasteiger charge is 2.14. The molecule has 0 aliphatic heterocycles. The predicted molar refractivity (Wildman–Crippen MR) is 150 cm³/mol. The van der Waals surface area contributed by atoms with E-state index in [1.165, 1.54) is 49.9 Å². The molecule has 0 bridgehead atoms. The van der Waals surface area contributed by atoms with Gasteiger partial charge in [0.1, 0.15) is 24.7 Å². The zero-order valence-corrected chi connectivity index (χ0v) is 23.0. The summed E-state index contributed by atoms with van der Waals surface area (Å²) in [7, 11) is 0. The summed E-state index contributed by atoms with van der Waals surface area (Å²) in [6.45, 7) is 16.9. The lowest BCUT2D eigenvalue weighted by molar-refractivity contribution is 0.217. The maximum atomic E-state index is 5.93. The number of aryl methyl sites for hydroxylation is 1. The molecule has 0 aromatic heterocycles. The van der Waals surface area contributed by atoms with Gasteiger partial charge in [-0.1, -0.05) is 65.3 Å². The molecule has 0 amide bonds. The van der Waals surface area contributed by atoms with E-state index in [9.17, 15) is 0 Å². The lowest BCUT2D eigenvalue weighted by Crippen LogP contribution is -2.35. The molecule has 0 radical (unpaired) electrons. The normalized spacial score (nSPS) is 12.3. The molecular formula is C31H50N2O2. The van der Waals surface area contributed by atoms with Crippen LogP contribution in [0.15, 0.2) is 48.5 Å². The molecule has 0 aliphatic rings. The summed E-state index contributed by atoms with van der Waals surface area (Å²) in [6, 6.07) is 17.4. The van der Waals surface area contributed by atoms with Crippen molar-refractivity contribution in [2.24, 2.45) is 5.92 Å². The van der Waals surface area contributed by atoms with Gasteiger partial charge in [0.05, 0.1) is 0 Å². The van der Waals surface area contributed by atoms with Crippen LogP contribution >= 0.6 is 0 Å². The lowest BCUT2D eigenvalue weighted by Gasteiger charge is -2.25. The van der Waals surface area contributed by atoms with Crippen molar-refractivity contribution in [3.8, 4) is 11.5 Å². The molecule has 0 saturated carbocycles. The first-order valence-electron chi connectivity index (χ1n) is 14.0. The second kappa shape index (κ2) is 17.4.